The van der Waals surface area contributed by atoms with Crippen molar-refractivity contribution in [3.8, 4) is 11.1 Å². The lowest BCUT2D eigenvalue weighted by molar-refractivity contribution is -0.120. The topological polar surface area (TPSA) is 118 Å². The number of carbonyl (C=O) groups excluding carboxylic acids is 2. The van der Waals surface area contributed by atoms with E-state index in [-0.39, 0.29) is 28.7 Å². The quantitative estimate of drug-likeness (QED) is 0.296. The minimum Gasteiger partial charge on any atom is -0.348 e. The molecule has 0 unspecified atom stereocenters. The smallest absolute Gasteiger partial charge is 0.261 e. The minimum atomic E-state index is -3.88. The van der Waals surface area contributed by atoms with Crippen molar-refractivity contribution >= 4 is 60.5 Å². The van der Waals surface area contributed by atoms with Crippen LogP contribution in [-0.4, -0.2) is 26.3 Å². The second-order valence-electron chi connectivity index (χ2n) is 9.02. The molecule has 1 heterocycles. The first kappa shape index (κ1) is 25.4. The van der Waals surface area contributed by atoms with E-state index in [0.29, 0.717) is 33.1 Å². The molecule has 2 amide bonds. The molecule has 4 N–H and O–H groups in total. The number of carbonyl (C=O) groups is 2. The second-order valence-corrected chi connectivity index (χ2v) is 12.1. The molecule has 1 aromatic heterocycles. The number of nitrogens with one attached hydrogen (secondary N) is 2. The Bertz CT molecular complexity index is 1600. The lowest BCUT2D eigenvalue weighted by Gasteiger charge is -2.20. The molecule has 2 atom stereocenters. The lowest BCUT2D eigenvalue weighted by Crippen LogP contribution is -2.41. The van der Waals surface area contributed by atoms with Crippen LogP contribution in [-0.2, 0) is 14.8 Å². The number of rotatable bonds is 6. The van der Waals surface area contributed by atoms with E-state index in [1.54, 1.807) is 48.5 Å². The Labute approximate surface area is 223 Å². The molecule has 190 valence electrons. The van der Waals surface area contributed by atoms with Crippen LogP contribution in [0.15, 0.2) is 77.7 Å². The highest BCUT2D eigenvalue weighted by Gasteiger charge is 2.34. The van der Waals surface area contributed by atoms with Gasteiger partial charge in [-0.2, -0.15) is 0 Å². The van der Waals surface area contributed by atoms with Crippen LogP contribution in [0, 0.1) is 5.92 Å². The number of nitrogens with two attached hydrogens (primary N) is 1. The van der Waals surface area contributed by atoms with Crippen LogP contribution >= 0.6 is 22.9 Å². The fourth-order valence-corrected chi connectivity index (χ4v) is 6.73. The van der Waals surface area contributed by atoms with Gasteiger partial charge < -0.3 is 10.6 Å². The molecule has 7 nitrogen and oxygen atoms in total. The minimum absolute atomic E-state index is 0.0399. The average molecular weight is 554 g/mol. The number of hydrogen-bond acceptors (Lipinski definition) is 5. The first-order valence-electron chi connectivity index (χ1n) is 11.7. The number of thiophene rings is 1. The number of halogens is 1. The second kappa shape index (κ2) is 10.3. The van der Waals surface area contributed by atoms with Gasteiger partial charge in [0.1, 0.15) is 0 Å². The lowest BCUT2D eigenvalue weighted by atomic mass is 10.0. The standard InChI is InChI=1S/C27H24ClN3O4S2/c28-18-11-8-17-14-24(36-23(17)15-18)27(33)31-22-6-3-5-21(22)26(32)30-19-12-9-16(10-13-19)20-4-1-2-7-25(20)37(29,34)35/h1-2,4,7-15,21-22H,3,5-6H2,(H,30,32)(H,31,33)(H2,29,34,35)/t21-,22+/m0/s1. The third-order valence-corrected chi connectivity index (χ3v) is 8.83. The maximum absolute atomic E-state index is 13.1. The molecule has 10 heteroatoms. The number of sulfonamides is 1. The van der Waals surface area contributed by atoms with Crippen molar-refractivity contribution in [2.24, 2.45) is 11.1 Å². The number of hydrogen-bond donors (Lipinski definition) is 3. The molecule has 1 aliphatic carbocycles. The van der Waals surface area contributed by atoms with Gasteiger partial charge in [0.05, 0.1) is 15.7 Å². The summed E-state index contributed by atoms with van der Waals surface area (Å²) in [7, 11) is -3.88. The predicted molar refractivity (Wildman–Crippen MR) is 147 cm³/mol. The van der Waals surface area contributed by atoms with Gasteiger partial charge in [-0.1, -0.05) is 54.4 Å². The summed E-state index contributed by atoms with van der Waals surface area (Å²) in [6, 6.07) is 20.5. The largest absolute Gasteiger partial charge is 0.348 e. The van der Waals surface area contributed by atoms with Crippen LogP contribution in [0.3, 0.4) is 0 Å². The van der Waals surface area contributed by atoms with Crippen molar-refractivity contribution in [2.75, 3.05) is 5.32 Å². The zero-order valence-electron chi connectivity index (χ0n) is 19.6. The van der Waals surface area contributed by atoms with Gasteiger partial charge in [-0.05, 0) is 60.2 Å². The Morgan fingerprint density at radius 2 is 1.73 bits per heavy atom. The van der Waals surface area contributed by atoms with Gasteiger partial charge >= 0.3 is 0 Å². The molecule has 0 bridgehead atoms. The summed E-state index contributed by atoms with van der Waals surface area (Å²) in [6.07, 6.45) is 2.25. The molecule has 1 saturated carbocycles. The highest BCUT2D eigenvalue weighted by molar-refractivity contribution is 7.89. The van der Waals surface area contributed by atoms with E-state index in [9.17, 15) is 18.0 Å². The molecule has 1 fully saturated rings. The van der Waals surface area contributed by atoms with Crippen molar-refractivity contribution in [3.63, 3.8) is 0 Å². The van der Waals surface area contributed by atoms with Crippen LogP contribution in [0.5, 0.6) is 0 Å². The molecule has 3 aromatic carbocycles. The molecule has 1 aliphatic rings. The van der Waals surface area contributed by atoms with E-state index in [2.05, 4.69) is 10.6 Å². The van der Waals surface area contributed by atoms with E-state index >= 15 is 0 Å². The molecule has 4 aromatic rings. The molecule has 37 heavy (non-hydrogen) atoms. The number of fused-ring (bicyclic) bond motifs is 1. The maximum atomic E-state index is 13.1. The summed E-state index contributed by atoms with van der Waals surface area (Å²) in [6.45, 7) is 0. The van der Waals surface area contributed by atoms with Gasteiger partial charge in [0.25, 0.3) is 5.91 Å². The van der Waals surface area contributed by atoms with Crippen molar-refractivity contribution in [1.29, 1.82) is 0 Å². The Kier molecular flexibility index (Phi) is 7.04. The molecule has 0 radical (unpaired) electrons. The maximum Gasteiger partial charge on any atom is 0.261 e. The fraction of sp³-hybridized carbons (Fsp3) is 0.185. The summed E-state index contributed by atoms with van der Waals surface area (Å²) in [5.41, 5.74) is 1.74. The van der Waals surface area contributed by atoms with E-state index in [4.69, 9.17) is 16.7 Å². The van der Waals surface area contributed by atoms with Gasteiger partial charge in [0, 0.05) is 27.0 Å². The Hall–Kier alpha value is -3.24. The molecule has 0 saturated heterocycles. The van der Waals surface area contributed by atoms with Crippen LogP contribution in [0.1, 0.15) is 28.9 Å². The summed E-state index contributed by atoms with van der Waals surface area (Å²) in [5.74, 6) is -0.709. The van der Waals surface area contributed by atoms with Crippen molar-refractivity contribution in [3.05, 3.63) is 82.7 Å². The number of primary sulfonamides is 1. The van der Waals surface area contributed by atoms with E-state index < -0.39 is 10.0 Å². The van der Waals surface area contributed by atoms with Crippen LogP contribution in [0.2, 0.25) is 5.02 Å². The summed E-state index contributed by atoms with van der Waals surface area (Å²) < 4.78 is 24.8. The molecular weight excluding hydrogens is 530 g/mol. The third kappa shape index (κ3) is 5.55. The molecule has 5 rings (SSSR count). The highest BCUT2D eigenvalue weighted by atomic mass is 35.5. The molecule has 0 aliphatic heterocycles. The van der Waals surface area contributed by atoms with E-state index in [1.165, 1.54) is 17.4 Å². The first-order chi connectivity index (χ1) is 17.7. The van der Waals surface area contributed by atoms with Crippen LogP contribution in [0.4, 0.5) is 5.69 Å². The monoisotopic (exact) mass is 553 g/mol. The molecule has 0 spiro atoms. The summed E-state index contributed by atoms with van der Waals surface area (Å²) in [4.78, 5) is 26.6. The SMILES string of the molecule is NS(=O)(=O)c1ccccc1-c1ccc(NC(=O)[C@H]2CCC[C@H]2NC(=O)c2cc3ccc(Cl)cc3s2)cc1. The van der Waals surface area contributed by atoms with Gasteiger partial charge in [-0.3, -0.25) is 9.59 Å². The van der Waals surface area contributed by atoms with Crippen molar-refractivity contribution in [1.82, 2.24) is 5.32 Å². The molecular formula is C27H24ClN3O4S2. The Morgan fingerprint density at radius 1 is 0.973 bits per heavy atom. The van der Waals surface area contributed by atoms with Crippen molar-refractivity contribution < 1.29 is 18.0 Å². The van der Waals surface area contributed by atoms with Gasteiger partial charge in [0.15, 0.2) is 0 Å². The van der Waals surface area contributed by atoms with Gasteiger partial charge in [-0.15, -0.1) is 11.3 Å². The predicted octanol–water partition coefficient (Wildman–Crippen LogP) is 5.41. The number of amides is 2. The summed E-state index contributed by atoms with van der Waals surface area (Å²) in [5, 5.41) is 12.9. The zero-order valence-corrected chi connectivity index (χ0v) is 22.0. The highest BCUT2D eigenvalue weighted by Crippen LogP contribution is 2.32. The van der Waals surface area contributed by atoms with E-state index in [0.717, 1.165) is 22.9 Å². The van der Waals surface area contributed by atoms with Crippen molar-refractivity contribution in [2.45, 2.75) is 30.2 Å². The number of benzene rings is 3. The third-order valence-electron chi connectivity index (χ3n) is 6.53. The van der Waals surface area contributed by atoms with Crippen LogP contribution < -0.4 is 15.8 Å². The average Bonchev–Trinajstić information content (AvgIpc) is 3.51. The van der Waals surface area contributed by atoms with Gasteiger partial charge in [0.2, 0.25) is 15.9 Å². The number of anilines is 1. The normalized spacial score (nSPS) is 17.6. The Balaban J connectivity index is 1.26. The zero-order chi connectivity index (χ0) is 26.2. The first-order valence-corrected chi connectivity index (χ1v) is 14.5. The summed E-state index contributed by atoms with van der Waals surface area (Å²) >= 11 is 7.44. The van der Waals surface area contributed by atoms with Gasteiger partial charge in [-0.25, -0.2) is 13.6 Å². The van der Waals surface area contributed by atoms with E-state index in [1.807, 2.05) is 18.2 Å². The fourth-order valence-electron chi connectivity index (χ4n) is 4.72. The Morgan fingerprint density at radius 3 is 2.49 bits per heavy atom. The van der Waals surface area contributed by atoms with Crippen LogP contribution in [0.25, 0.3) is 21.2 Å².